The second kappa shape index (κ2) is 9.43. The van der Waals surface area contributed by atoms with Crippen LogP contribution >= 0.6 is 23.9 Å². The number of benzene rings is 2. The lowest BCUT2D eigenvalue weighted by Crippen LogP contribution is -2.31. The van der Waals surface area contributed by atoms with E-state index >= 15 is 0 Å². The first kappa shape index (κ1) is 16.8. The zero-order valence-electron chi connectivity index (χ0n) is 12.6. The molecule has 0 aromatic heterocycles. The van der Waals surface area contributed by atoms with Gasteiger partial charge in [0, 0.05) is 18.1 Å². The zero-order valence-corrected chi connectivity index (χ0v) is 14.2. The molecule has 3 nitrogen and oxygen atoms in total. The number of hydrogen-bond donors (Lipinski definition) is 1. The van der Waals surface area contributed by atoms with Crippen LogP contribution in [0.2, 0.25) is 0 Å². The number of carbonyl (C=O) groups is 1. The van der Waals surface area contributed by atoms with Crippen LogP contribution in [0.4, 0.5) is 4.79 Å². The van der Waals surface area contributed by atoms with Crippen molar-refractivity contribution in [1.82, 2.24) is 9.03 Å². The number of urea groups is 1. The van der Waals surface area contributed by atoms with Gasteiger partial charge in [0.15, 0.2) is 0 Å². The van der Waals surface area contributed by atoms with Gasteiger partial charge in [0.05, 0.1) is 0 Å². The van der Waals surface area contributed by atoms with Gasteiger partial charge in [-0.05, 0) is 41.9 Å². The van der Waals surface area contributed by atoms with Crippen LogP contribution in [0.1, 0.15) is 18.1 Å². The van der Waals surface area contributed by atoms with Gasteiger partial charge in [-0.1, -0.05) is 60.7 Å². The lowest BCUT2D eigenvalue weighted by atomic mass is 10.2. The summed E-state index contributed by atoms with van der Waals surface area (Å²) in [5.41, 5.74) is 2.42. The molecule has 0 aliphatic rings. The number of nitrogens with zero attached hydrogens (tertiary/aromatic N) is 1. The van der Waals surface area contributed by atoms with E-state index in [0.717, 1.165) is 11.5 Å². The quantitative estimate of drug-likeness (QED) is 0.745. The van der Waals surface area contributed by atoms with Crippen LogP contribution in [0.15, 0.2) is 60.7 Å². The Morgan fingerprint density at radius 3 is 1.77 bits per heavy atom. The number of amides is 2. The third-order valence-corrected chi connectivity index (χ3v) is 5.23. The molecule has 0 atom stereocenters. The van der Waals surface area contributed by atoms with Crippen LogP contribution in [0, 0.1) is 0 Å². The summed E-state index contributed by atoms with van der Waals surface area (Å²) >= 11 is 3.05. The first-order chi connectivity index (χ1) is 10.8. The molecule has 0 heterocycles. The molecule has 116 valence electrons. The summed E-state index contributed by atoms with van der Waals surface area (Å²) in [5.74, 6) is 1.56. The molecule has 5 heteroatoms. The van der Waals surface area contributed by atoms with Crippen molar-refractivity contribution in [3.63, 3.8) is 0 Å². The topological polar surface area (TPSA) is 32.3 Å². The molecule has 2 aromatic carbocycles. The Labute approximate surface area is 140 Å². The van der Waals surface area contributed by atoms with Crippen molar-refractivity contribution in [2.24, 2.45) is 0 Å². The molecule has 2 aromatic rings. The van der Waals surface area contributed by atoms with E-state index in [-0.39, 0.29) is 6.03 Å². The van der Waals surface area contributed by atoms with Crippen LogP contribution in [0.25, 0.3) is 0 Å². The average molecular weight is 332 g/mol. The summed E-state index contributed by atoms with van der Waals surface area (Å²) in [7, 11) is 0. The molecule has 0 aliphatic heterocycles. The van der Waals surface area contributed by atoms with E-state index in [0.29, 0.717) is 6.54 Å². The lowest BCUT2D eigenvalue weighted by molar-refractivity contribution is 0.239. The highest BCUT2D eigenvalue weighted by Gasteiger charge is 2.14. The maximum atomic E-state index is 12.2. The van der Waals surface area contributed by atoms with Crippen molar-refractivity contribution in [2.75, 3.05) is 6.54 Å². The smallest absolute Gasteiger partial charge is 0.337 e. The summed E-state index contributed by atoms with van der Waals surface area (Å²) < 4.78 is 1.74. The van der Waals surface area contributed by atoms with Crippen molar-refractivity contribution < 1.29 is 4.79 Å². The van der Waals surface area contributed by atoms with Crippen LogP contribution in [-0.4, -0.2) is 16.3 Å². The largest absolute Gasteiger partial charge is 0.337 e. The van der Waals surface area contributed by atoms with E-state index in [2.05, 4.69) is 29.6 Å². The first-order valence-corrected chi connectivity index (χ1v) is 9.09. The molecule has 0 spiro atoms. The number of nitrogens with one attached hydrogen (secondary N) is 1. The predicted octanol–water partition coefficient (Wildman–Crippen LogP) is 4.71. The molecule has 0 fully saturated rings. The highest BCUT2D eigenvalue weighted by molar-refractivity contribution is 8.12. The molecule has 0 aliphatic carbocycles. The van der Waals surface area contributed by atoms with Crippen LogP contribution in [0.5, 0.6) is 0 Å². The number of carbonyl (C=O) groups excluding carboxylic acids is 1. The van der Waals surface area contributed by atoms with Gasteiger partial charge in [-0.15, -0.1) is 0 Å². The van der Waals surface area contributed by atoms with Gasteiger partial charge in [-0.2, -0.15) is 0 Å². The van der Waals surface area contributed by atoms with Crippen molar-refractivity contribution in [3.8, 4) is 0 Å². The highest BCUT2D eigenvalue weighted by atomic mass is 32.2. The fourth-order valence-electron chi connectivity index (χ4n) is 1.79. The molecular weight excluding hydrogens is 312 g/mol. The van der Waals surface area contributed by atoms with E-state index < -0.39 is 0 Å². The van der Waals surface area contributed by atoms with Crippen LogP contribution in [0.3, 0.4) is 0 Å². The minimum absolute atomic E-state index is 0.0515. The van der Waals surface area contributed by atoms with Gasteiger partial charge < -0.3 is 5.32 Å². The third-order valence-electron chi connectivity index (χ3n) is 2.88. The molecule has 22 heavy (non-hydrogen) atoms. The highest BCUT2D eigenvalue weighted by Crippen LogP contribution is 2.28. The summed E-state index contributed by atoms with van der Waals surface area (Å²) in [6.45, 7) is 2.56. The summed E-state index contributed by atoms with van der Waals surface area (Å²) in [6, 6.07) is 20.3. The van der Waals surface area contributed by atoms with Gasteiger partial charge in [0.25, 0.3) is 0 Å². The Bertz CT molecular complexity index is 520. The van der Waals surface area contributed by atoms with Crippen molar-refractivity contribution in [3.05, 3.63) is 71.8 Å². The van der Waals surface area contributed by atoms with Crippen LogP contribution in [-0.2, 0) is 11.5 Å². The number of hydrogen-bond acceptors (Lipinski definition) is 3. The van der Waals surface area contributed by atoms with Crippen molar-refractivity contribution in [1.29, 1.82) is 0 Å². The predicted molar refractivity (Wildman–Crippen MR) is 96.4 cm³/mol. The van der Waals surface area contributed by atoms with Crippen molar-refractivity contribution in [2.45, 2.75) is 18.4 Å². The molecule has 0 unspecified atom stereocenters. The molecule has 1 N–H and O–H groups in total. The SMILES string of the molecule is CCNC(=O)N(SCc1ccccc1)SCc1ccccc1. The van der Waals surface area contributed by atoms with Gasteiger partial charge in [-0.3, -0.25) is 0 Å². The maximum Gasteiger partial charge on any atom is 0.337 e. The Hall–Kier alpha value is -1.59. The standard InChI is InChI=1S/C17H20N2OS2/c1-2-18-17(20)19(21-13-15-9-5-3-6-10-15)22-14-16-11-7-4-8-12-16/h3-12H,2,13-14H2,1H3,(H,18,20). The summed E-state index contributed by atoms with van der Waals surface area (Å²) in [5, 5.41) is 2.86. The lowest BCUT2D eigenvalue weighted by Gasteiger charge is -2.20. The third kappa shape index (κ3) is 5.66. The Morgan fingerprint density at radius 2 is 1.36 bits per heavy atom. The first-order valence-electron chi connectivity index (χ1n) is 7.21. The van der Waals surface area contributed by atoms with E-state index in [4.69, 9.17) is 0 Å². The number of rotatable bonds is 7. The van der Waals surface area contributed by atoms with Gasteiger partial charge in [-0.25, -0.2) is 8.51 Å². The van der Waals surface area contributed by atoms with Crippen LogP contribution < -0.4 is 5.32 Å². The maximum absolute atomic E-state index is 12.2. The molecule has 2 amide bonds. The average Bonchev–Trinajstić information content (AvgIpc) is 2.57. The van der Waals surface area contributed by atoms with Crippen molar-refractivity contribution >= 4 is 29.9 Å². The van der Waals surface area contributed by atoms with Gasteiger partial charge >= 0.3 is 6.03 Å². The van der Waals surface area contributed by atoms with E-state index in [1.807, 2.05) is 43.3 Å². The van der Waals surface area contributed by atoms with E-state index in [9.17, 15) is 4.79 Å². The minimum atomic E-state index is -0.0515. The molecule has 0 saturated carbocycles. The molecule has 2 rings (SSSR count). The molecule has 0 radical (unpaired) electrons. The van der Waals surface area contributed by atoms with Gasteiger partial charge in [0.2, 0.25) is 0 Å². The van der Waals surface area contributed by atoms with E-state index in [1.165, 1.54) is 35.0 Å². The fourth-order valence-corrected chi connectivity index (χ4v) is 3.68. The Kier molecular flexibility index (Phi) is 7.19. The normalized spacial score (nSPS) is 10.2. The minimum Gasteiger partial charge on any atom is -0.337 e. The fraction of sp³-hybridized carbons (Fsp3) is 0.235. The second-order valence-electron chi connectivity index (χ2n) is 4.61. The van der Waals surface area contributed by atoms with E-state index in [1.54, 1.807) is 3.71 Å². The zero-order chi connectivity index (χ0) is 15.6. The molecule has 0 bridgehead atoms. The summed E-state index contributed by atoms with van der Waals surface area (Å²) in [6.07, 6.45) is 0. The monoisotopic (exact) mass is 332 g/mol. The molecular formula is C17H20N2OS2. The molecule has 0 saturated heterocycles. The Balaban J connectivity index is 1.92. The second-order valence-corrected chi connectivity index (χ2v) is 6.67. The Morgan fingerprint density at radius 1 is 0.909 bits per heavy atom. The summed E-state index contributed by atoms with van der Waals surface area (Å²) in [4.78, 5) is 12.2. The van der Waals surface area contributed by atoms with Gasteiger partial charge in [0.1, 0.15) is 0 Å².